The van der Waals surface area contributed by atoms with Crippen molar-refractivity contribution >= 4 is 29.1 Å². The lowest BCUT2D eigenvalue weighted by atomic mass is 9.98. The number of anilines is 2. The Kier molecular flexibility index (Phi) is 13.9. The van der Waals surface area contributed by atoms with Crippen LogP contribution in [-0.4, -0.2) is 37.4 Å². The maximum atomic E-state index is 14.4. The van der Waals surface area contributed by atoms with Crippen molar-refractivity contribution in [3.05, 3.63) is 155 Å². The Morgan fingerprint density at radius 3 is 2.23 bits per heavy atom. The van der Waals surface area contributed by atoms with E-state index in [0.29, 0.717) is 23.4 Å². The van der Waals surface area contributed by atoms with Gasteiger partial charge in [0.25, 0.3) is 0 Å². The average molecular weight is 717 g/mol. The molecule has 0 bridgehead atoms. The first-order valence-electron chi connectivity index (χ1n) is 18.1. The lowest BCUT2D eigenvalue weighted by Crippen LogP contribution is -2.41. The molecule has 0 fully saturated rings. The third-order valence-corrected chi connectivity index (χ3v) is 9.14. The van der Waals surface area contributed by atoms with Crippen molar-refractivity contribution in [1.82, 2.24) is 10.6 Å². The van der Waals surface area contributed by atoms with Crippen molar-refractivity contribution in [3.63, 3.8) is 0 Å². The largest absolute Gasteiger partial charge is 0.373 e. The number of urea groups is 1. The van der Waals surface area contributed by atoms with Crippen LogP contribution in [-0.2, 0) is 17.8 Å². The summed E-state index contributed by atoms with van der Waals surface area (Å²) in [4.78, 5) is 41.6. The predicted molar refractivity (Wildman–Crippen MR) is 208 cm³/mol. The Morgan fingerprint density at radius 2 is 1.45 bits per heavy atom. The van der Waals surface area contributed by atoms with Gasteiger partial charge in [-0.3, -0.25) is 14.5 Å². The van der Waals surface area contributed by atoms with Gasteiger partial charge in [0.2, 0.25) is 5.91 Å². The molecule has 0 heterocycles. The van der Waals surface area contributed by atoms with Crippen LogP contribution in [0.5, 0.6) is 0 Å². The summed E-state index contributed by atoms with van der Waals surface area (Å²) in [6.07, 6.45) is 5.84. The highest BCUT2D eigenvalue weighted by Crippen LogP contribution is 2.26. The molecule has 0 saturated carbocycles. The molecule has 274 valence electrons. The van der Waals surface area contributed by atoms with E-state index in [1.807, 2.05) is 54.6 Å². The van der Waals surface area contributed by atoms with Crippen LogP contribution in [0.4, 0.5) is 25.0 Å². The average Bonchev–Trinajstić information content (AvgIpc) is 3.19. The van der Waals surface area contributed by atoms with Gasteiger partial charge in [-0.15, -0.1) is 0 Å². The molecular weight excluding hydrogens is 671 g/mol. The fourth-order valence-corrected chi connectivity index (χ4v) is 6.06. The Morgan fingerprint density at radius 1 is 0.717 bits per heavy atom. The molecular formula is C44H46F2N4O3. The summed E-state index contributed by atoms with van der Waals surface area (Å²) in [6.45, 7) is 2.60. The number of halogens is 2. The minimum Gasteiger partial charge on any atom is -0.373 e. The third kappa shape index (κ3) is 10.8. The van der Waals surface area contributed by atoms with Gasteiger partial charge in [0.15, 0.2) is 5.78 Å². The molecule has 53 heavy (non-hydrogen) atoms. The molecule has 7 nitrogen and oxygen atoms in total. The molecule has 0 aliphatic rings. The second-order valence-electron chi connectivity index (χ2n) is 13.0. The number of carbonyl (C=O) groups excluding carboxylic acids is 3. The summed E-state index contributed by atoms with van der Waals surface area (Å²) < 4.78 is 28.3. The molecule has 5 rings (SSSR count). The first-order chi connectivity index (χ1) is 25.7. The van der Waals surface area contributed by atoms with Crippen molar-refractivity contribution < 1.29 is 23.2 Å². The highest BCUT2D eigenvalue weighted by Gasteiger charge is 2.23. The SMILES string of the molecule is CCCCCCCNC(=O)N(C)c1cccc(-c2ccc(C[C@H](Nc3ccccc3C(=O)c3ccccc3)C(=O)NCc3cc(F)ccc3F)cc2)c1. The van der Waals surface area contributed by atoms with Gasteiger partial charge in [0, 0.05) is 54.6 Å². The minimum atomic E-state index is -0.871. The highest BCUT2D eigenvalue weighted by atomic mass is 19.1. The number of benzene rings is 5. The molecule has 1 atom stereocenters. The smallest absolute Gasteiger partial charge is 0.321 e. The Hall–Kier alpha value is -5.83. The van der Waals surface area contributed by atoms with Gasteiger partial charge in [-0.25, -0.2) is 13.6 Å². The molecule has 0 aliphatic carbocycles. The summed E-state index contributed by atoms with van der Waals surface area (Å²) in [5, 5.41) is 9.02. The third-order valence-electron chi connectivity index (χ3n) is 9.14. The number of hydrogen-bond donors (Lipinski definition) is 3. The number of amides is 3. The number of unbranched alkanes of at least 4 members (excludes halogenated alkanes) is 4. The zero-order chi connectivity index (χ0) is 37.6. The highest BCUT2D eigenvalue weighted by molar-refractivity contribution is 6.12. The Balaban J connectivity index is 1.32. The minimum absolute atomic E-state index is 0.0221. The Bertz CT molecular complexity index is 1990. The summed E-state index contributed by atoms with van der Waals surface area (Å²) >= 11 is 0. The van der Waals surface area contributed by atoms with Gasteiger partial charge >= 0.3 is 6.03 Å². The van der Waals surface area contributed by atoms with Crippen LogP contribution < -0.4 is 20.9 Å². The fourth-order valence-electron chi connectivity index (χ4n) is 6.06. The summed E-state index contributed by atoms with van der Waals surface area (Å²) in [5.41, 5.74) is 4.83. The van der Waals surface area contributed by atoms with E-state index in [1.54, 1.807) is 60.5 Å². The van der Waals surface area contributed by atoms with Crippen LogP contribution in [0.25, 0.3) is 11.1 Å². The maximum Gasteiger partial charge on any atom is 0.321 e. The number of hydrogen-bond acceptors (Lipinski definition) is 4. The quantitative estimate of drug-likeness (QED) is 0.0661. The summed E-state index contributed by atoms with van der Waals surface area (Å²) in [7, 11) is 1.75. The molecule has 0 aromatic heterocycles. The number of para-hydroxylation sites is 1. The van der Waals surface area contributed by atoms with Crippen LogP contribution in [0.15, 0.2) is 121 Å². The molecule has 9 heteroatoms. The summed E-state index contributed by atoms with van der Waals surface area (Å²) in [6, 6.07) is 33.4. The molecule has 0 radical (unpaired) electrons. The molecule has 5 aromatic rings. The topological polar surface area (TPSA) is 90.5 Å². The molecule has 0 saturated heterocycles. The van der Waals surface area contributed by atoms with Crippen molar-refractivity contribution in [2.75, 3.05) is 23.8 Å². The predicted octanol–water partition coefficient (Wildman–Crippen LogP) is 9.32. The van der Waals surface area contributed by atoms with Crippen molar-refractivity contribution in [3.8, 4) is 11.1 Å². The summed E-state index contributed by atoms with van der Waals surface area (Å²) in [5.74, 6) is -1.88. The van der Waals surface area contributed by atoms with Gasteiger partial charge in [0.1, 0.15) is 17.7 Å². The molecule has 3 amide bonds. The zero-order valence-electron chi connectivity index (χ0n) is 30.2. The van der Waals surface area contributed by atoms with Crippen LogP contribution in [0.1, 0.15) is 66.1 Å². The number of nitrogens with zero attached hydrogens (tertiary/aromatic N) is 1. The van der Waals surface area contributed by atoms with E-state index in [1.165, 1.54) is 19.3 Å². The van der Waals surface area contributed by atoms with Gasteiger partial charge in [-0.2, -0.15) is 0 Å². The molecule has 3 N–H and O–H groups in total. The molecule has 0 unspecified atom stereocenters. The van der Waals surface area contributed by atoms with Crippen LogP contribution >= 0.6 is 0 Å². The normalized spacial score (nSPS) is 11.4. The van der Waals surface area contributed by atoms with Gasteiger partial charge < -0.3 is 16.0 Å². The van der Waals surface area contributed by atoms with Crippen LogP contribution in [0.3, 0.4) is 0 Å². The van der Waals surface area contributed by atoms with Gasteiger partial charge in [-0.05, 0) is 65.6 Å². The number of rotatable bonds is 17. The molecule has 0 spiro atoms. The van der Waals surface area contributed by atoms with Crippen molar-refractivity contribution in [1.29, 1.82) is 0 Å². The number of carbonyl (C=O) groups is 3. The van der Waals surface area contributed by atoms with E-state index in [0.717, 1.165) is 53.4 Å². The van der Waals surface area contributed by atoms with Gasteiger partial charge in [0.05, 0.1) is 0 Å². The van der Waals surface area contributed by atoms with E-state index in [-0.39, 0.29) is 30.3 Å². The Labute approximate surface area is 310 Å². The monoisotopic (exact) mass is 716 g/mol. The van der Waals surface area contributed by atoms with E-state index in [9.17, 15) is 23.2 Å². The van der Waals surface area contributed by atoms with E-state index in [4.69, 9.17) is 0 Å². The first kappa shape index (κ1) is 38.4. The number of nitrogens with one attached hydrogen (secondary N) is 3. The maximum absolute atomic E-state index is 14.4. The van der Waals surface area contributed by atoms with Crippen LogP contribution in [0.2, 0.25) is 0 Å². The fraction of sp³-hybridized carbons (Fsp3) is 0.250. The van der Waals surface area contributed by atoms with Crippen molar-refractivity contribution in [2.24, 2.45) is 0 Å². The lowest BCUT2D eigenvalue weighted by Gasteiger charge is -2.22. The first-order valence-corrected chi connectivity index (χ1v) is 18.1. The lowest BCUT2D eigenvalue weighted by molar-refractivity contribution is -0.122. The van der Waals surface area contributed by atoms with E-state index >= 15 is 0 Å². The zero-order valence-corrected chi connectivity index (χ0v) is 30.2. The van der Waals surface area contributed by atoms with Crippen molar-refractivity contribution in [2.45, 2.75) is 58.0 Å². The van der Waals surface area contributed by atoms with E-state index < -0.39 is 23.6 Å². The molecule has 5 aromatic carbocycles. The van der Waals surface area contributed by atoms with Crippen LogP contribution in [0, 0.1) is 11.6 Å². The second-order valence-corrected chi connectivity index (χ2v) is 13.0. The van der Waals surface area contributed by atoms with Gasteiger partial charge in [-0.1, -0.05) is 111 Å². The van der Waals surface area contributed by atoms with E-state index in [2.05, 4.69) is 22.9 Å². The second kappa shape index (κ2) is 19.1. The molecule has 0 aliphatic heterocycles. The standard InChI is InChI=1S/C44H46F2N4O3/c1-3-4-5-6-12-26-47-44(53)50(2)37-17-13-16-34(29-37)32-22-20-31(21-23-32)27-41(43(52)48-30-35-28-36(45)24-25-39(35)46)49-40-19-11-10-18-38(40)42(51)33-14-8-7-9-15-33/h7-11,13-25,28-29,41,49H,3-6,12,26-27,30H2,1-2H3,(H,47,53)(H,48,52)/t41-/m0/s1. The number of ketones is 1.